The van der Waals surface area contributed by atoms with Crippen molar-refractivity contribution in [1.82, 2.24) is 20.1 Å². The van der Waals surface area contributed by atoms with Gasteiger partial charge in [-0.25, -0.2) is 4.98 Å². The fraction of sp³-hybridized carbons (Fsp3) is 0.227. The van der Waals surface area contributed by atoms with E-state index in [2.05, 4.69) is 46.6 Å². The Morgan fingerprint density at radius 2 is 1.89 bits per heavy atom. The Kier molecular flexibility index (Phi) is 5.21. The number of thiazole rings is 1. The van der Waals surface area contributed by atoms with Crippen molar-refractivity contribution >= 4 is 28.1 Å². The summed E-state index contributed by atoms with van der Waals surface area (Å²) in [5.74, 6) is -0.146. The van der Waals surface area contributed by atoms with Crippen LogP contribution in [0.25, 0.3) is 10.9 Å². The summed E-state index contributed by atoms with van der Waals surface area (Å²) in [4.78, 5) is 17.2. The molecule has 0 spiro atoms. The molecule has 2 heterocycles. The van der Waals surface area contributed by atoms with Gasteiger partial charge in [0.15, 0.2) is 5.69 Å². The van der Waals surface area contributed by atoms with Gasteiger partial charge in [0.25, 0.3) is 5.91 Å². The summed E-state index contributed by atoms with van der Waals surface area (Å²) in [6.07, 6.45) is 0.728. The van der Waals surface area contributed by atoms with E-state index in [-0.39, 0.29) is 5.91 Å². The van der Waals surface area contributed by atoms with E-state index in [0.717, 1.165) is 33.6 Å². The Bertz CT molecular complexity index is 1110. The van der Waals surface area contributed by atoms with Gasteiger partial charge < -0.3 is 5.32 Å². The molecular weight excluding hydrogens is 368 g/mol. The number of nitrogens with one attached hydrogen (secondary N) is 1. The first-order chi connectivity index (χ1) is 13.6. The van der Waals surface area contributed by atoms with Crippen LogP contribution in [0.4, 0.5) is 0 Å². The van der Waals surface area contributed by atoms with Gasteiger partial charge in [-0.15, -0.1) is 11.3 Å². The monoisotopic (exact) mass is 390 g/mol. The third-order valence-electron chi connectivity index (χ3n) is 4.62. The minimum atomic E-state index is -0.146. The summed E-state index contributed by atoms with van der Waals surface area (Å²) < 4.78 is 1.90. The molecule has 0 fully saturated rings. The Balaban J connectivity index is 1.53. The smallest absolute Gasteiger partial charge is 0.272 e. The summed E-state index contributed by atoms with van der Waals surface area (Å²) in [6, 6.07) is 16.3. The highest BCUT2D eigenvalue weighted by molar-refractivity contribution is 7.09. The van der Waals surface area contributed by atoms with Crippen LogP contribution in [0.2, 0.25) is 0 Å². The molecule has 4 rings (SSSR count). The molecule has 0 aliphatic carbocycles. The van der Waals surface area contributed by atoms with Gasteiger partial charge in [0.05, 0.1) is 17.1 Å². The van der Waals surface area contributed by atoms with Crippen molar-refractivity contribution in [1.29, 1.82) is 0 Å². The number of benzene rings is 2. The van der Waals surface area contributed by atoms with E-state index in [0.29, 0.717) is 18.8 Å². The van der Waals surface area contributed by atoms with Crippen molar-refractivity contribution in [3.05, 3.63) is 81.4 Å². The number of fused-ring (bicyclic) bond motifs is 1. The van der Waals surface area contributed by atoms with Gasteiger partial charge >= 0.3 is 0 Å². The van der Waals surface area contributed by atoms with E-state index in [1.54, 1.807) is 11.3 Å². The first-order valence-corrected chi connectivity index (χ1v) is 10.2. The SMILES string of the molecule is Cc1ccc(Cn2nc(C(=O)NCCc3nc(C)cs3)c3ccccc32)cc1. The van der Waals surface area contributed by atoms with Gasteiger partial charge in [-0.2, -0.15) is 5.10 Å². The zero-order chi connectivity index (χ0) is 19.5. The molecule has 0 radical (unpaired) electrons. The number of aromatic nitrogens is 3. The van der Waals surface area contributed by atoms with Gasteiger partial charge in [0, 0.05) is 29.4 Å². The highest BCUT2D eigenvalue weighted by atomic mass is 32.1. The summed E-state index contributed by atoms with van der Waals surface area (Å²) >= 11 is 1.62. The molecule has 142 valence electrons. The molecule has 2 aromatic carbocycles. The van der Waals surface area contributed by atoms with Crippen LogP contribution in [0.5, 0.6) is 0 Å². The van der Waals surface area contributed by atoms with Crippen LogP contribution in [0.1, 0.15) is 32.3 Å². The normalized spacial score (nSPS) is 11.1. The quantitative estimate of drug-likeness (QED) is 0.538. The Morgan fingerprint density at radius 3 is 2.64 bits per heavy atom. The second-order valence-corrected chi connectivity index (χ2v) is 7.84. The molecule has 6 heteroatoms. The molecule has 2 aromatic heterocycles. The summed E-state index contributed by atoms with van der Waals surface area (Å²) in [6.45, 7) is 5.23. The molecule has 0 atom stereocenters. The average Bonchev–Trinajstić information content (AvgIpc) is 3.27. The van der Waals surface area contributed by atoms with Crippen molar-refractivity contribution in [2.45, 2.75) is 26.8 Å². The Hall–Kier alpha value is -2.99. The topological polar surface area (TPSA) is 59.8 Å². The third-order valence-corrected chi connectivity index (χ3v) is 5.64. The number of amides is 1. The van der Waals surface area contributed by atoms with E-state index >= 15 is 0 Å². The molecule has 4 aromatic rings. The van der Waals surface area contributed by atoms with E-state index in [1.807, 2.05) is 41.3 Å². The van der Waals surface area contributed by atoms with Crippen LogP contribution in [0, 0.1) is 13.8 Å². The number of aryl methyl sites for hydroxylation is 2. The Morgan fingerprint density at radius 1 is 1.11 bits per heavy atom. The van der Waals surface area contributed by atoms with Crippen molar-refractivity contribution in [3.8, 4) is 0 Å². The maximum absolute atomic E-state index is 12.8. The zero-order valence-electron chi connectivity index (χ0n) is 16.0. The number of nitrogens with zero attached hydrogens (tertiary/aromatic N) is 3. The maximum Gasteiger partial charge on any atom is 0.272 e. The van der Waals surface area contributed by atoms with Crippen molar-refractivity contribution < 1.29 is 4.79 Å². The van der Waals surface area contributed by atoms with E-state index < -0.39 is 0 Å². The van der Waals surface area contributed by atoms with Crippen molar-refractivity contribution in [3.63, 3.8) is 0 Å². The first-order valence-electron chi connectivity index (χ1n) is 9.30. The molecule has 5 nitrogen and oxygen atoms in total. The predicted octanol–water partition coefficient (Wildman–Crippen LogP) is 4.13. The van der Waals surface area contributed by atoms with Crippen LogP contribution in [-0.2, 0) is 13.0 Å². The molecule has 0 saturated heterocycles. The number of hydrogen-bond donors (Lipinski definition) is 1. The van der Waals surface area contributed by atoms with E-state index in [4.69, 9.17) is 0 Å². The third kappa shape index (κ3) is 3.97. The largest absolute Gasteiger partial charge is 0.350 e. The molecular formula is C22H22N4OS. The van der Waals surface area contributed by atoms with Gasteiger partial charge in [-0.05, 0) is 25.5 Å². The fourth-order valence-electron chi connectivity index (χ4n) is 3.17. The van der Waals surface area contributed by atoms with Crippen LogP contribution >= 0.6 is 11.3 Å². The number of carbonyl (C=O) groups is 1. The van der Waals surface area contributed by atoms with E-state index in [9.17, 15) is 4.79 Å². The first kappa shape index (κ1) is 18.4. The van der Waals surface area contributed by atoms with Gasteiger partial charge in [-0.1, -0.05) is 48.0 Å². The highest BCUT2D eigenvalue weighted by Gasteiger charge is 2.17. The average molecular weight is 391 g/mol. The maximum atomic E-state index is 12.8. The highest BCUT2D eigenvalue weighted by Crippen LogP contribution is 2.20. The number of carbonyl (C=O) groups excluding carboxylic acids is 1. The minimum absolute atomic E-state index is 0.146. The zero-order valence-corrected chi connectivity index (χ0v) is 16.8. The number of rotatable bonds is 6. The summed E-state index contributed by atoms with van der Waals surface area (Å²) in [5, 5.41) is 11.5. The van der Waals surface area contributed by atoms with Gasteiger partial charge in [-0.3, -0.25) is 9.48 Å². The Labute approximate surface area is 168 Å². The van der Waals surface area contributed by atoms with Crippen LogP contribution in [0.3, 0.4) is 0 Å². The lowest BCUT2D eigenvalue weighted by atomic mass is 10.1. The lowest BCUT2D eigenvalue weighted by molar-refractivity contribution is 0.0950. The standard InChI is InChI=1S/C22H22N4OS/c1-15-7-9-17(10-8-15)13-26-19-6-4-3-5-18(19)21(25-26)22(27)23-12-11-20-24-16(2)14-28-20/h3-10,14H,11-13H2,1-2H3,(H,23,27). The molecule has 0 aliphatic rings. The number of para-hydroxylation sites is 1. The van der Waals surface area contributed by atoms with Crippen LogP contribution < -0.4 is 5.32 Å². The molecule has 1 amide bonds. The molecule has 28 heavy (non-hydrogen) atoms. The molecule has 0 aliphatic heterocycles. The molecule has 1 N–H and O–H groups in total. The molecule has 0 bridgehead atoms. The van der Waals surface area contributed by atoms with Crippen LogP contribution in [-0.4, -0.2) is 27.2 Å². The van der Waals surface area contributed by atoms with E-state index in [1.165, 1.54) is 5.56 Å². The predicted molar refractivity (Wildman–Crippen MR) is 113 cm³/mol. The second-order valence-electron chi connectivity index (χ2n) is 6.90. The fourth-order valence-corrected chi connectivity index (χ4v) is 3.94. The van der Waals surface area contributed by atoms with Crippen molar-refractivity contribution in [2.75, 3.05) is 6.54 Å². The van der Waals surface area contributed by atoms with Gasteiger partial charge in [0.2, 0.25) is 0 Å². The minimum Gasteiger partial charge on any atom is -0.350 e. The summed E-state index contributed by atoms with van der Waals surface area (Å²) in [5.41, 5.74) is 4.84. The van der Waals surface area contributed by atoms with Gasteiger partial charge in [0.1, 0.15) is 0 Å². The number of hydrogen-bond acceptors (Lipinski definition) is 4. The van der Waals surface area contributed by atoms with Crippen molar-refractivity contribution in [2.24, 2.45) is 0 Å². The molecule has 0 unspecified atom stereocenters. The second kappa shape index (κ2) is 7.94. The summed E-state index contributed by atoms with van der Waals surface area (Å²) in [7, 11) is 0. The lowest BCUT2D eigenvalue weighted by Crippen LogP contribution is -2.26. The van der Waals surface area contributed by atoms with Crippen LogP contribution in [0.15, 0.2) is 53.9 Å². The molecule has 0 saturated carbocycles. The lowest BCUT2D eigenvalue weighted by Gasteiger charge is -2.04.